The van der Waals surface area contributed by atoms with Gasteiger partial charge in [0.1, 0.15) is 5.75 Å². The minimum atomic E-state index is -4.51. The van der Waals surface area contributed by atoms with Gasteiger partial charge in [-0.15, -0.1) is 0 Å². The first-order valence-electron chi connectivity index (χ1n) is 10.7. The smallest absolute Gasteiger partial charge is 0.418 e. The fourth-order valence-electron chi connectivity index (χ4n) is 3.80. The van der Waals surface area contributed by atoms with Crippen LogP contribution in [0, 0.1) is 0 Å². The van der Waals surface area contributed by atoms with Gasteiger partial charge in [0, 0.05) is 36.5 Å². The highest BCUT2D eigenvalue weighted by Crippen LogP contribution is 2.36. The Morgan fingerprint density at radius 2 is 1.85 bits per heavy atom. The first-order valence-corrected chi connectivity index (χ1v) is 11.6. The van der Waals surface area contributed by atoms with Crippen LogP contribution in [-0.2, 0) is 17.5 Å². The zero-order valence-corrected chi connectivity index (χ0v) is 18.7. The number of rotatable bonds is 7. The molecule has 1 fully saturated rings. The molecule has 1 amide bonds. The Labute approximate surface area is 194 Å². The van der Waals surface area contributed by atoms with Crippen LogP contribution in [0.2, 0.25) is 0 Å². The van der Waals surface area contributed by atoms with E-state index in [0.717, 1.165) is 25.5 Å². The van der Waals surface area contributed by atoms with Crippen LogP contribution in [-0.4, -0.2) is 40.7 Å². The molecule has 5 nitrogen and oxygen atoms in total. The van der Waals surface area contributed by atoms with Crippen molar-refractivity contribution >= 4 is 28.8 Å². The Balaban J connectivity index is 1.27. The number of likely N-dealkylation sites (tertiary alicyclic amines) is 1. The van der Waals surface area contributed by atoms with Crippen molar-refractivity contribution < 1.29 is 22.7 Å². The number of hydrogen-bond donors (Lipinski definition) is 1. The standard InChI is InChI=1S/C24H24F3N3O2S/c25-24(26,27)20-8-4-7-19-21(9-12-28-23(19)20)32-16-22(31)30-13-10-18(11-14-30)33-29-15-17-5-2-1-3-6-17/h1-9,12,18,29H,10-11,13-16H2. The number of piperidine rings is 1. The third-order valence-electron chi connectivity index (χ3n) is 5.55. The highest BCUT2D eigenvalue weighted by Gasteiger charge is 2.33. The minimum absolute atomic E-state index is 0.173. The number of aromatic nitrogens is 1. The molecular formula is C24H24F3N3O2S. The molecule has 3 aromatic rings. The van der Waals surface area contributed by atoms with Crippen molar-refractivity contribution in [1.29, 1.82) is 0 Å². The van der Waals surface area contributed by atoms with Crippen molar-refractivity contribution in [3.8, 4) is 5.75 Å². The predicted molar refractivity (Wildman–Crippen MR) is 123 cm³/mol. The molecule has 0 unspecified atom stereocenters. The van der Waals surface area contributed by atoms with Crippen LogP contribution in [0.1, 0.15) is 24.0 Å². The third-order valence-corrected chi connectivity index (χ3v) is 6.67. The average molecular weight is 476 g/mol. The number of nitrogens with one attached hydrogen (secondary N) is 1. The number of carbonyl (C=O) groups is 1. The number of carbonyl (C=O) groups excluding carboxylic acids is 1. The molecule has 2 heterocycles. The van der Waals surface area contributed by atoms with E-state index in [9.17, 15) is 18.0 Å². The largest absolute Gasteiger partial charge is 0.483 e. The van der Waals surface area contributed by atoms with Gasteiger partial charge in [-0.2, -0.15) is 13.2 Å². The summed E-state index contributed by atoms with van der Waals surface area (Å²) in [6.07, 6.45) is -1.52. The summed E-state index contributed by atoms with van der Waals surface area (Å²) in [5, 5.41) is 0.656. The maximum atomic E-state index is 13.3. The zero-order valence-electron chi connectivity index (χ0n) is 17.8. The summed E-state index contributed by atoms with van der Waals surface area (Å²) in [6.45, 7) is 1.82. The number of fused-ring (bicyclic) bond motifs is 1. The van der Waals surface area contributed by atoms with Gasteiger partial charge in [-0.25, -0.2) is 0 Å². The van der Waals surface area contributed by atoms with Crippen LogP contribution >= 0.6 is 11.9 Å². The lowest BCUT2D eigenvalue weighted by Crippen LogP contribution is -2.42. The van der Waals surface area contributed by atoms with Crippen LogP contribution in [0.5, 0.6) is 5.75 Å². The van der Waals surface area contributed by atoms with Gasteiger partial charge in [-0.3, -0.25) is 14.5 Å². The van der Waals surface area contributed by atoms with E-state index in [1.54, 1.807) is 16.8 Å². The summed E-state index contributed by atoms with van der Waals surface area (Å²) in [6, 6.07) is 15.5. The molecule has 0 aliphatic carbocycles. The van der Waals surface area contributed by atoms with Crippen LogP contribution in [0.25, 0.3) is 10.9 Å². The molecule has 1 aliphatic rings. The van der Waals surface area contributed by atoms with Gasteiger partial charge >= 0.3 is 6.18 Å². The first kappa shape index (κ1) is 23.4. The van der Waals surface area contributed by atoms with Gasteiger partial charge in [-0.05, 0) is 36.6 Å². The summed E-state index contributed by atoms with van der Waals surface area (Å²) in [5.41, 5.74) is 0.216. The predicted octanol–water partition coefficient (Wildman–Crippen LogP) is 5.06. The Bertz CT molecular complexity index is 1090. The molecule has 0 atom stereocenters. The normalized spacial score (nSPS) is 15.1. The van der Waals surface area contributed by atoms with E-state index in [1.807, 2.05) is 18.2 Å². The van der Waals surface area contributed by atoms with E-state index in [4.69, 9.17) is 4.74 Å². The Morgan fingerprint density at radius 1 is 1.09 bits per heavy atom. The van der Waals surface area contributed by atoms with E-state index in [0.29, 0.717) is 18.3 Å². The lowest BCUT2D eigenvalue weighted by Gasteiger charge is -2.31. The van der Waals surface area contributed by atoms with Crippen molar-refractivity contribution in [3.05, 3.63) is 71.9 Å². The topological polar surface area (TPSA) is 54.5 Å². The van der Waals surface area contributed by atoms with Gasteiger partial charge in [-0.1, -0.05) is 48.3 Å². The number of halogens is 3. The van der Waals surface area contributed by atoms with Crippen molar-refractivity contribution in [1.82, 2.24) is 14.6 Å². The average Bonchev–Trinajstić information content (AvgIpc) is 2.82. The summed E-state index contributed by atoms with van der Waals surface area (Å²) in [7, 11) is 0. The monoisotopic (exact) mass is 475 g/mol. The zero-order chi connectivity index (χ0) is 23.3. The van der Waals surface area contributed by atoms with Gasteiger partial charge in [0.05, 0.1) is 11.1 Å². The molecule has 1 aromatic heterocycles. The number of amides is 1. The number of pyridine rings is 1. The number of benzene rings is 2. The first-order chi connectivity index (χ1) is 15.9. The van der Waals surface area contributed by atoms with Crippen LogP contribution in [0.15, 0.2) is 60.8 Å². The molecule has 174 valence electrons. The van der Waals surface area contributed by atoms with Crippen molar-refractivity contribution in [2.75, 3.05) is 19.7 Å². The molecular weight excluding hydrogens is 451 g/mol. The van der Waals surface area contributed by atoms with Gasteiger partial charge in [0.25, 0.3) is 5.91 Å². The quantitative estimate of drug-likeness (QED) is 0.484. The summed E-state index contributed by atoms with van der Waals surface area (Å²) in [4.78, 5) is 18.2. The highest BCUT2D eigenvalue weighted by atomic mass is 32.2. The molecule has 1 aliphatic heterocycles. The Hall–Kier alpha value is -2.78. The Kier molecular flexibility index (Phi) is 7.39. The molecule has 2 aromatic carbocycles. The van der Waals surface area contributed by atoms with Crippen LogP contribution in [0.3, 0.4) is 0 Å². The molecule has 9 heteroatoms. The summed E-state index contributed by atoms with van der Waals surface area (Å²) in [5.74, 6) is 0.0441. The second-order valence-corrected chi connectivity index (χ2v) is 8.99. The molecule has 33 heavy (non-hydrogen) atoms. The van der Waals surface area contributed by atoms with E-state index in [2.05, 4.69) is 21.8 Å². The maximum absolute atomic E-state index is 13.3. The molecule has 0 bridgehead atoms. The molecule has 1 saturated heterocycles. The molecule has 0 spiro atoms. The minimum Gasteiger partial charge on any atom is -0.483 e. The van der Waals surface area contributed by atoms with Gasteiger partial charge in [0.2, 0.25) is 0 Å². The number of ether oxygens (including phenoxy) is 1. The lowest BCUT2D eigenvalue weighted by atomic mass is 10.1. The fourth-order valence-corrected chi connectivity index (χ4v) is 4.73. The highest BCUT2D eigenvalue weighted by molar-refractivity contribution is 7.98. The van der Waals surface area contributed by atoms with Crippen molar-refractivity contribution in [2.45, 2.75) is 30.8 Å². The van der Waals surface area contributed by atoms with E-state index in [-0.39, 0.29) is 29.2 Å². The number of hydrogen-bond acceptors (Lipinski definition) is 5. The molecule has 1 N–H and O–H groups in total. The second-order valence-electron chi connectivity index (χ2n) is 7.80. The van der Waals surface area contributed by atoms with Crippen LogP contribution < -0.4 is 9.46 Å². The molecule has 0 radical (unpaired) electrons. The SMILES string of the molecule is O=C(COc1ccnc2c(C(F)(F)F)cccc12)N1CCC(SNCc2ccccc2)CC1. The van der Waals surface area contributed by atoms with Gasteiger partial charge < -0.3 is 9.64 Å². The number of alkyl halides is 3. The van der Waals surface area contributed by atoms with E-state index < -0.39 is 11.7 Å². The molecule has 4 rings (SSSR count). The van der Waals surface area contributed by atoms with E-state index in [1.165, 1.54) is 30.0 Å². The Morgan fingerprint density at radius 3 is 2.58 bits per heavy atom. The summed E-state index contributed by atoms with van der Waals surface area (Å²) >= 11 is 1.70. The fraction of sp³-hybridized carbons (Fsp3) is 0.333. The van der Waals surface area contributed by atoms with Crippen LogP contribution in [0.4, 0.5) is 13.2 Å². The third kappa shape index (κ3) is 5.97. The van der Waals surface area contributed by atoms with E-state index >= 15 is 0 Å². The number of para-hydroxylation sites is 1. The molecule has 0 saturated carbocycles. The second kappa shape index (κ2) is 10.4. The van der Waals surface area contributed by atoms with Crippen molar-refractivity contribution in [2.24, 2.45) is 0 Å². The maximum Gasteiger partial charge on any atom is 0.418 e. The van der Waals surface area contributed by atoms with Gasteiger partial charge in [0.15, 0.2) is 6.61 Å². The number of nitrogens with zero attached hydrogens (tertiary/aromatic N) is 2. The summed E-state index contributed by atoms with van der Waals surface area (Å²) < 4.78 is 48.8. The lowest BCUT2D eigenvalue weighted by molar-refractivity contribution is -0.136. The van der Waals surface area contributed by atoms with Crippen molar-refractivity contribution in [3.63, 3.8) is 0 Å².